The molecule has 2 rings (SSSR count). The molecular formula is C16H30. The van der Waals surface area contributed by atoms with Gasteiger partial charge in [-0.25, -0.2) is 0 Å². The molecule has 0 aromatic carbocycles. The minimum absolute atomic E-state index is 0.681. The number of hydrogen-bond acceptors (Lipinski definition) is 0. The summed E-state index contributed by atoms with van der Waals surface area (Å²) < 4.78 is 0. The van der Waals surface area contributed by atoms with Gasteiger partial charge in [0.1, 0.15) is 0 Å². The Morgan fingerprint density at radius 3 is 2.19 bits per heavy atom. The van der Waals surface area contributed by atoms with Crippen molar-refractivity contribution in [2.24, 2.45) is 35.0 Å². The highest BCUT2D eigenvalue weighted by atomic mass is 14.5. The molecule has 0 saturated heterocycles. The molecule has 16 heavy (non-hydrogen) atoms. The van der Waals surface area contributed by atoms with Crippen molar-refractivity contribution >= 4 is 0 Å². The monoisotopic (exact) mass is 222 g/mol. The molecule has 2 aliphatic carbocycles. The fourth-order valence-electron chi connectivity index (χ4n) is 4.06. The Labute approximate surface area is 102 Å². The Morgan fingerprint density at radius 1 is 1.19 bits per heavy atom. The third kappa shape index (κ3) is 2.31. The van der Waals surface area contributed by atoms with Crippen LogP contribution in [-0.2, 0) is 0 Å². The maximum Gasteiger partial charge on any atom is -0.0323 e. The highest BCUT2D eigenvalue weighted by Crippen LogP contribution is 2.57. The van der Waals surface area contributed by atoms with Crippen LogP contribution in [0.2, 0.25) is 0 Å². The Bertz CT molecular complexity index is 240. The molecule has 0 aliphatic heterocycles. The maximum atomic E-state index is 2.50. The zero-order chi connectivity index (χ0) is 11.9. The molecule has 2 saturated carbocycles. The first-order chi connectivity index (χ1) is 7.45. The summed E-state index contributed by atoms with van der Waals surface area (Å²) in [5, 5.41) is 0. The Kier molecular flexibility index (Phi) is 3.39. The lowest BCUT2D eigenvalue weighted by Gasteiger charge is -2.28. The quantitative estimate of drug-likeness (QED) is 0.618. The highest BCUT2D eigenvalue weighted by molar-refractivity contribution is 4.97. The van der Waals surface area contributed by atoms with E-state index in [0.717, 1.165) is 29.6 Å². The fraction of sp³-hybridized carbons (Fsp3) is 1.00. The summed E-state index contributed by atoms with van der Waals surface area (Å²) in [7, 11) is 0. The van der Waals surface area contributed by atoms with Crippen molar-refractivity contribution in [2.45, 2.75) is 66.7 Å². The number of rotatable bonds is 4. The van der Waals surface area contributed by atoms with Gasteiger partial charge in [0.05, 0.1) is 0 Å². The van der Waals surface area contributed by atoms with Gasteiger partial charge in [0.2, 0.25) is 0 Å². The van der Waals surface area contributed by atoms with E-state index >= 15 is 0 Å². The van der Waals surface area contributed by atoms with Gasteiger partial charge in [0.15, 0.2) is 0 Å². The van der Waals surface area contributed by atoms with Crippen molar-refractivity contribution in [2.75, 3.05) is 0 Å². The third-order valence-electron chi connectivity index (χ3n) is 5.96. The van der Waals surface area contributed by atoms with E-state index in [2.05, 4.69) is 34.6 Å². The van der Waals surface area contributed by atoms with Crippen molar-refractivity contribution in [3.05, 3.63) is 0 Å². The van der Waals surface area contributed by atoms with Gasteiger partial charge < -0.3 is 0 Å². The molecule has 94 valence electrons. The minimum Gasteiger partial charge on any atom is -0.0651 e. The van der Waals surface area contributed by atoms with E-state index in [1.54, 1.807) is 0 Å². The molecule has 0 radical (unpaired) electrons. The second-order valence-corrected chi connectivity index (χ2v) is 7.37. The molecule has 2 aliphatic rings. The molecule has 0 N–H and O–H groups in total. The summed E-state index contributed by atoms with van der Waals surface area (Å²) >= 11 is 0. The smallest absolute Gasteiger partial charge is 0.0323 e. The van der Waals surface area contributed by atoms with Gasteiger partial charge in [-0.3, -0.25) is 0 Å². The molecule has 2 fully saturated rings. The summed E-state index contributed by atoms with van der Waals surface area (Å²) in [5.41, 5.74) is 0.681. The molecule has 0 aromatic heterocycles. The zero-order valence-electron chi connectivity index (χ0n) is 11.9. The summed E-state index contributed by atoms with van der Waals surface area (Å²) in [6.07, 6.45) is 7.41. The molecule has 5 atom stereocenters. The van der Waals surface area contributed by atoms with Crippen molar-refractivity contribution in [3.8, 4) is 0 Å². The molecule has 0 amide bonds. The molecule has 0 spiro atoms. The van der Waals surface area contributed by atoms with Crippen LogP contribution < -0.4 is 0 Å². The van der Waals surface area contributed by atoms with Crippen LogP contribution in [0.5, 0.6) is 0 Å². The molecule has 0 heterocycles. The van der Waals surface area contributed by atoms with Gasteiger partial charge in [-0.15, -0.1) is 0 Å². The van der Waals surface area contributed by atoms with E-state index in [4.69, 9.17) is 0 Å². The van der Waals surface area contributed by atoms with Crippen LogP contribution in [-0.4, -0.2) is 0 Å². The van der Waals surface area contributed by atoms with Crippen LogP contribution in [0.1, 0.15) is 66.7 Å². The van der Waals surface area contributed by atoms with Crippen molar-refractivity contribution in [1.29, 1.82) is 0 Å². The highest BCUT2D eigenvalue weighted by Gasteiger charge is 2.47. The summed E-state index contributed by atoms with van der Waals surface area (Å²) in [6, 6.07) is 0. The van der Waals surface area contributed by atoms with Gasteiger partial charge in [-0.05, 0) is 54.3 Å². The number of hydrogen-bond donors (Lipinski definition) is 0. The SMILES string of the molecule is CCC(CC1CC1(C)C)C1CCC(C)C1C. The normalized spacial score (nSPS) is 43.3. The van der Waals surface area contributed by atoms with Gasteiger partial charge in [-0.2, -0.15) is 0 Å². The van der Waals surface area contributed by atoms with Gasteiger partial charge in [0.25, 0.3) is 0 Å². The average molecular weight is 222 g/mol. The first kappa shape index (κ1) is 12.5. The first-order valence-corrected chi connectivity index (χ1v) is 7.45. The molecule has 0 heteroatoms. The summed E-state index contributed by atoms with van der Waals surface area (Å²) in [4.78, 5) is 0. The standard InChI is InChI=1S/C16H30/c1-6-13(9-14-10-16(14,4)5)15-8-7-11(2)12(15)3/h11-15H,6-10H2,1-5H3. The van der Waals surface area contributed by atoms with Crippen LogP contribution in [0.15, 0.2) is 0 Å². The second-order valence-electron chi connectivity index (χ2n) is 7.37. The summed E-state index contributed by atoms with van der Waals surface area (Å²) in [6.45, 7) is 12.3. The fourth-order valence-corrected chi connectivity index (χ4v) is 4.06. The van der Waals surface area contributed by atoms with Gasteiger partial charge >= 0.3 is 0 Å². The van der Waals surface area contributed by atoms with Crippen molar-refractivity contribution < 1.29 is 0 Å². The average Bonchev–Trinajstić information content (AvgIpc) is 2.69. The van der Waals surface area contributed by atoms with Crippen molar-refractivity contribution in [3.63, 3.8) is 0 Å². The maximum absolute atomic E-state index is 2.50. The van der Waals surface area contributed by atoms with E-state index in [1.807, 2.05) is 0 Å². The molecule has 5 unspecified atom stereocenters. The molecular weight excluding hydrogens is 192 g/mol. The summed E-state index contributed by atoms with van der Waals surface area (Å²) in [5.74, 6) is 5.06. The first-order valence-electron chi connectivity index (χ1n) is 7.45. The Balaban J connectivity index is 1.90. The Morgan fingerprint density at radius 2 is 1.81 bits per heavy atom. The predicted molar refractivity (Wildman–Crippen MR) is 71.3 cm³/mol. The van der Waals surface area contributed by atoms with E-state index in [9.17, 15) is 0 Å². The lowest BCUT2D eigenvalue weighted by atomic mass is 9.78. The van der Waals surface area contributed by atoms with Gasteiger partial charge in [0, 0.05) is 0 Å². The van der Waals surface area contributed by atoms with Crippen LogP contribution in [0.3, 0.4) is 0 Å². The lowest BCUT2D eigenvalue weighted by Crippen LogP contribution is -2.20. The van der Waals surface area contributed by atoms with E-state index in [1.165, 1.54) is 32.1 Å². The zero-order valence-corrected chi connectivity index (χ0v) is 11.9. The molecule has 0 nitrogen and oxygen atoms in total. The van der Waals surface area contributed by atoms with E-state index in [0.29, 0.717) is 5.41 Å². The van der Waals surface area contributed by atoms with E-state index < -0.39 is 0 Å². The van der Waals surface area contributed by atoms with Crippen LogP contribution in [0.25, 0.3) is 0 Å². The third-order valence-corrected chi connectivity index (χ3v) is 5.96. The van der Waals surface area contributed by atoms with Crippen molar-refractivity contribution in [1.82, 2.24) is 0 Å². The lowest BCUT2D eigenvalue weighted by molar-refractivity contribution is 0.218. The second kappa shape index (κ2) is 4.35. The topological polar surface area (TPSA) is 0 Å². The van der Waals surface area contributed by atoms with Crippen LogP contribution in [0.4, 0.5) is 0 Å². The molecule has 0 aromatic rings. The molecule has 0 bridgehead atoms. The van der Waals surface area contributed by atoms with Crippen LogP contribution in [0, 0.1) is 35.0 Å². The Hall–Kier alpha value is 0. The van der Waals surface area contributed by atoms with E-state index in [-0.39, 0.29) is 0 Å². The van der Waals surface area contributed by atoms with Gasteiger partial charge in [-0.1, -0.05) is 47.5 Å². The largest absolute Gasteiger partial charge is 0.0651 e. The van der Waals surface area contributed by atoms with Crippen LogP contribution >= 0.6 is 0 Å². The minimum atomic E-state index is 0.681. The predicted octanol–water partition coefficient (Wildman–Crippen LogP) is 5.13.